The molecule has 1 heteroatoms. The molecule has 1 N–H and O–H groups in total. The molecule has 1 aliphatic rings. The first-order chi connectivity index (χ1) is 6.95. The van der Waals surface area contributed by atoms with E-state index in [0.29, 0.717) is 0 Å². The third-order valence-electron chi connectivity index (χ3n) is 3.08. The van der Waals surface area contributed by atoms with Gasteiger partial charge in [0.25, 0.3) is 0 Å². The standard InChI is InChI=1S/C13H19N/c1-2-5-12(6-3-1)8-9-13-7-4-10-14-11-13/h1-3,5-6,13-14H,4,7-11H2. The van der Waals surface area contributed by atoms with E-state index in [2.05, 4.69) is 35.6 Å². The van der Waals surface area contributed by atoms with Crippen LogP contribution in [0.4, 0.5) is 0 Å². The summed E-state index contributed by atoms with van der Waals surface area (Å²) in [5.41, 5.74) is 1.48. The average Bonchev–Trinajstić information content (AvgIpc) is 2.29. The smallest absolute Gasteiger partial charge is 0.00204 e. The molecule has 1 fully saturated rings. The van der Waals surface area contributed by atoms with E-state index in [9.17, 15) is 0 Å². The van der Waals surface area contributed by atoms with E-state index < -0.39 is 0 Å². The SMILES string of the molecule is c1ccc(CCC2CCCNC2)cc1. The van der Waals surface area contributed by atoms with Crippen LogP contribution in [0.25, 0.3) is 0 Å². The van der Waals surface area contributed by atoms with Crippen LogP contribution in [-0.4, -0.2) is 13.1 Å². The summed E-state index contributed by atoms with van der Waals surface area (Å²) in [4.78, 5) is 0. The fourth-order valence-electron chi connectivity index (χ4n) is 2.19. The minimum absolute atomic E-state index is 0.906. The zero-order valence-corrected chi connectivity index (χ0v) is 8.71. The van der Waals surface area contributed by atoms with Crippen LogP contribution in [0, 0.1) is 5.92 Å². The Morgan fingerprint density at radius 2 is 2.07 bits per heavy atom. The van der Waals surface area contributed by atoms with Crippen molar-refractivity contribution in [3.05, 3.63) is 35.9 Å². The van der Waals surface area contributed by atoms with Crippen molar-refractivity contribution in [3.63, 3.8) is 0 Å². The predicted molar refractivity (Wildman–Crippen MR) is 60.4 cm³/mol. The Balaban J connectivity index is 1.76. The van der Waals surface area contributed by atoms with Crippen molar-refractivity contribution in [1.82, 2.24) is 5.32 Å². The third kappa shape index (κ3) is 2.85. The van der Waals surface area contributed by atoms with Crippen LogP contribution in [-0.2, 0) is 6.42 Å². The van der Waals surface area contributed by atoms with E-state index in [4.69, 9.17) is 0 Å². The van der Waals surface area contributed by atoms with Gasteiger partial charge in [0.2, 0.25) is 0 Å². The largest absolute Gasteiger partial charge is 0.316 e. The molecule has 1 aromatic rings. The lowest BCUT2D eigenvalue weighted by atomic mass is 9.93. The molecule has 1 aliphatic heterocycles. The summed E-state index contributed by atoms with van der Waals surface area (Å²) in [6.45, 7) is 2.45. The summed E-state index contributed by atoms with van der Waals surface area (Å²) in [7, 11) is 0. The first-order valence-corrected chi connectivity index (χ1v) is 5.70. The highest BCUT2D eigenvalue weighted by atomic mass is 14.9. The maximum absolute atomic E-state index is 3.47. The second-order valence-corrected chi connectivity index (χ2v) is 4.24. The molecule has 0 spiro atoms. The fraction of sp³-hybridized carbons (Fsp3) is 0.538. The number of aryl methyl sites for hydroxylation is 1. The van der Waals surface area contributed by atoms with E-state index in [-0.39, 0.29) is 0 Å². The van der Waals surface area contributed by atoms with Gasteiger partial charge in [0.1, 0.15) is 0 Å². The molecule has 1 unspecified atom stereocenters. The van der Waals surface area contributed by atoms with Crippen molar-refractivity contribution < 1.29 is 0 Å². The van der Waals surface area contributed by atoms with Crippen LogP contribution in [0.2, 0.25) is 0 Å². The molecule has 1 heterocycles. The molecule has 0 aromatic heterocycles. The van der Waals surface area contributed by atoms with E-state index in [0.717, 1.165) is 5.92 Å². The van der Waals surface area contributed by atoms with Crippen molar-refractivity contribution in [2.24, 2.45) is 5.92 Å². The summed E-state index contributed by atoms with van der Waals surface area (Å²) in [6, 6.07) is 10.8. The van der Waals surface area contributed by atoms with Gasteiger partial charge < -0.3 is 5.32 Å². The van der Waals surface area contributed by atoms with Gasteiger partial charge in [0, 0.05) is 0 Å². The second-order valence-electron chi connectivity index (χ2n) is 4.24. The van der Waals surface area contributed by atoms with Crippen molar-refractivity contribution >= 4 is 0 Å². The van der Waals surface area contributed by atoms with Crippen LogP contribution < -0.4 is 5.32 Å². The molecule has 1 saturated heterocycles. The first kappa shape index (κ1) is 9.72. The van der Waals surface area contributed by atoms with Gasteiger partial charge in [-0.25, -0.2) is 0 Å². The molecule has 2 rings (SSSR count). The van der Waals surface area contributed by atoms with Gasteiger partial charge in [-0.1, -0.05) is 30.3 Å². The Kier molecular flexibility index (Phi) is 3.58. The summed E-state index contributed by atoms with van der Waals surface area (Å²) in [6.07, 6.45) is 5.36. The lowest BCUT2D eigenvalue weighted by molar-refractivity contribution is 0.358. The Morgan fingerprint density at radius 3 is 2.79 bits per heavy atom. The van der Waals surface area contributed by atoms with Gasteiger partial charge in [0.05, 0.1) is 0 Å². The van der Waals surface area contributed by atoms with Crippen LogP contribution in [0.5, 0.6) is 0 Å². The quantitative estimate of drug-likeness (QED) is 0.770. The Hall–Kier alpha value is -0.820. The molecule has 0 radical (unpaired) electrons. The molecular formula is C13H19N. The lowest BCUT2D eigenvalue weighted by Crippen LogP contribution is -2.29. The number of rotatable bonds is 3. The molecule has 0 aliphatic carbocycles. The maximum Gasteiger partial charge on any atom is -0.00204 e. The summed E-state index contributed by atoms with van der Waals surface area (Å²) >= 11 is 0. The minimum atomic E-state index is 0.906. The summed E-state index contributed by atoms with van der Waals surface area (Å²) in [5.74, 6) is 0.906. The number of hydrogen-bond acceptors (Lipinski definition) is 1. The minimum Gasteiger partial charge on any atom is -0.316 e. The van der Waals surface area contributed by atoms with Crippen molar-refractivity contribution in [1.29, 1.82) is 0 Å². The van der Waals surface area contributed by atoms with Crippen molar-refractivity contribution in [3.8, 4) is 0 Å². The molecule has 76 valence electrons. The van der Waals surface area contributed by atoms with E-state index >= 15 is 0 Å². The molecular weight excluding hydrogens is 170 g/mol. The highest BCUT2D eigenvalue weighted by molar-refractivity contribution is 5.14. The molecule has 14 heavy (non-hydrogen) atoms. The Morgan fingerprint density at radius 1 is 1.21 bits per heavy atom. The topological polar surface area (TPSA) is 12.0 Å². The van der Waals surface area contributed by atoms with Gasteiger partial charge >= 0.3 is 0 Å². The van der Waals surface area contributed by atoms with E-state index in [1.54, 1.807) is 0 Å². The highest BCUT2D eigenvalue weighted by Gasteiger charge is 2.12. The highest BCUT2D eigenvalue weighted by Crippen LogP contribution is 2.16. The molecule has 0 bridgehead atoms. The average molecular weight is 189 g/mol. The van der Waals surface area contributed by atoms with Gasteiger partial charge in [-0.3, -0.25) is 0 Å². The van der Waals surface area contributed by atoms with Gasteiger partial charge in [-0.05, 0) is 50.3 Å². The number of benzene rings is 1. The number of piperidine rings is 1. The summed E-state index contributed by atoms with van der Waals surface area (Å²) < 4.78 is 0. The van der Waals surface area contributed by atoms with Crippen LogP contribution in [0.3, 0.4) is 0 Å². The zero-order valence-electron chi connectivity index (χ0n) is 8.71. The van der Waals surface area contributed by atoms with E-state index in [1.807, 2.05) is 0 Å². The van der Waals surface area contributed by atoms with Crippen LogP contribution in [0.1, 0.15) is 24.8 Å². The van der Waals surface area contributed by atoms with Gasteiger partial charge in [0.15, 0.2) is 0 Å². The number of nitrogens with one attached hydrogen (secondary N) is 1. The van der Waals surface area contributed by atoms with Crippen molar-refractivity contribution in [2.45, 2.75) is 25.7 Å². The monoisotopic (exact) mass is 189 g/mol. The molecule has 0 amide bonds. The third-order valence-corrected chi connectivity index (χ3v) is 3.08. The van der Waals surface area contributed by atoms with Crippen molar-refractivity contribution in [2.75, 3.05) is 13.1 Å². The normalized spacial score (nSPS) is 22.1. The zero-order chi connectivity index (χ0) is 9.64. The van der Waals surface area contributed by atoms with Crippen LogP contribution in [0.15, 0.2) is 30.3 Å². The molecule has 1 aromatic carbocycles. The van der Waals surface area contributed by atoms with Gasteiger partial charge in [-0.15, -0.1) is 0 Å². The first-order valence-electron chi connectivity index (χ1n) is 5.70. The maximum atomic E-state index is 3.47. The number of hydrogen-bond donors (Lipinski definition) is 1. The van der Waals surface area contributed by atoms with E-state index in [1.165, 1.54) is 44.3 Å². The van der Waals surface area contributed by atoms with Gasteiger partial charge in [-0.2, -0.15) is 0 Å². The molecule has 1 nitrogen and oxygen atoms in total. The Bertz CT molecular complexity index is 249. The fourth-order valence-corrected chi connectivity index (χ4v) is 2.19. The lowest BCUT2D eigenvalue weighted by Gasteiger charge is -2.22. The summed E-state index contributed by atoms with van der Waals surface area (Å²) in [5, 5.41) is 3.47. The molecule has 1 atom stereocenters. The Labute approximate surface area is 86.5 Å². The predicted octanol–water partition coefficient (Wildman–Crippen LogP) is 2.62. The second kappa shape index (κ2) is 5.16. The van der Waals surface area contributed by atoms with Crippen LogP contribution >= 0.6 is 0 Å². The molecule has 0 saturated carbocycles.